The van der Waals surface area contributed by atoms with Crippen LogP contribution in [0.3, 0.4) is 0 Å². The molecule has 0 bridgehead atoms. The average Bonchev–Trinajstić information content (AvgIpc) is 3.20. The number of hydrogen-bond acceptors (Lipinski definition) is 9. The number of rotatable bonds is 8. The molecule has 1 aromatic heterocycles. The summed E-state index contributed by atoms with van der Waals surface area (Å²) < 4.78 is 29.1. The molecule has 4 rings (SSSR count). The van der Waals surface area contributed by atoms with Crippen LogP contribution in [0.4, 0.5) is 0 Å². The van der Waals surface area contributed by atoms with Crippen molar-refractivity contribution in [1.29, 1.82) is 0 Å². The molecule has 0 aliphatic carbocycles. The van der Waals surface area contributed by atoms with E-state index in [1.54, 1.807) is 62.8 Å². The second-order valence-electron chi connectivity index (χ2n) is 8.77. The van der Waals surface area contributed by atoms with Gasteiger partial charge >= 0.3 is 5.97 Å². The summed E-state index contributed by atoms with van der Waals surface area (Å²) in [6.45, 7) is 5.31. The van der Waals surface area contributed by atoms with Crippen molar-refractivity contribution in [3.8, 4) is 23.0 Å². The Balaban J connectivity index is 1.93. The number of allylic oxidation sites excluding steroid dienone is 1. The van der Waals surface area contributed by atoms with Gasteiger partial charge in [0.1, 0.15) is 5.75 Å². The van der Waals surface area contributed by atoms with Gasteiger partial charge in [-0.05, 0) is 62.2 Å². The highest BCUT2D eigenvalue weighted by Crippen LogP contribution is 2.38. The summed E-state index contributed by atoms with van der Waals surface area (Å²) in [6.07, 6.45) is 1.41. The molecule has 1 aliphatic heterocycles. The van der Waals surface area contributed by atoms with Gasteiger partial charge in [0, 0.05) is 0 Å². The fourth-order valence-corrected chi connectivity index (χ4v) is 5.34. The maximum Gasteiger partial charge on any atom is 0.338 e. The quantitative estimate of drug-likeness (QED) is 0.406. The SMILES string of the molecule is COc1ccc(C2C(C(=O)OC(C)C)=C(C)N=c3s/c(=C/c4cc(OC)c(OC)c(OC)c4)c(=O)n32)cc1. The van der Waals surface area contributed by atoms with Crippen LogP contribution in [0.1, 0.15) is 37.9 Å². The minimum atomic E-state index is -0.717. The van der Waals surface area contributed by atoms with E-state index in [1.807, 2.05) is 12.1 Å². The van der Waals surface area contributed by atoms with Crippen molar-refractivity contribution in [3.05, 3.63) is 78.5 Å². The van der Waals surface area contributed by atoms with E-state index in [1.165, 1.54) is 32.7 Å². The summed E-state index contributed by atoms with van der Waals surface area (Å²) in [6, 6.07) is 10.1. The van der Waals surface area contributed by atoms with Gasteiger partial charge in [-0.1, -0.05) is 23.5 Å². The van der Waals surface area contributed by atoms with Gasteiger partial charge in [0.25, 0.3) is 5.56 Å². The van der Waals surface area contributed by atoms with Crippen molar-refractivity contribution < 1.29 is 28.5 Å². The molecule has 2 heterocycles. The Bertz CT molecular complexity index is 1540. The van der Waals surface area contributed by atoms with Crippen LogP contribution in [0.5, 0.6) is 23.0 Å². The van der Waals surface area contributed by atoms with Crippen LogP contribution >= 0.6 is 11.3 Å². The van der Waals surface area contributed by atoms with E-state index in [9.17, 15) is 9.59 Å². The normalized spacial score (nSPS) is 15.2. The van der Waals surface area contributed by atoms with Crippen molar-refractivity contribution in [2.24, 2.45) is 4.99 Å². The van der Waals surface area contributed by atoms with Crippen LogP contribution in [-0.4, -0.2) is 45.1 Å². The number of carbonyl (C=O) groups excluding carboxylic acids is 1. The number of carbonyl (C=O) groups is 1. The van der Waals surface area contributed by atoms with Gasteiger partial charge in [-0.3, -0.25) is 9.36 Å². The van der Waals surface area contributed by atoms with E-state index >= 15 is 0 Å². The van der Waals surface area contributed by atoms with Crippen LogP contribution < -0.4 is 33.8 Å². The van der Waals surface area contributed by atoms with Crippen LogP contribution in [-0.2, 0) is 9.53 Å². The predicted molar refractivity (Wildman–Crippen MR) is 144 cm³/mol. The Hall–Kier alpha value is -4.05. The molecule has 38 heavy (non-hydrogen) atoms. The molecule has 0 N–H and O–H groups in total. The third-order valence-electron chi connectivity index (χ3n) is 6.00. The number of thiazole rings is 1. The fourth-order valence-electron chi connectivity index (χ4n) is 4.30. The minimum Gasteiger partial charge on any atom is -0.497 e. The van der Waals surface area contributed by atoms with Crippen molar-refractivity contribution in [3.63, 3.8) is 0 Å². The van der Waals surface area contributed by atoms with Crippen molar-refractivity contribution in [2.75, 3.05) is 28.4 Å². The van der Waals surface area contributed by atoms with E-state index in [0.29, 0.717) is 49.2 Å². The number of esters is 1. The standard InChI is InChI=1S/C28H30N2O7S/c1-15(2)37-27(32)23-16(3)29-28-30(24(23)18-8-10-19(33-4)11-9-18)26(31)22(38-28)14-17-12-20(34-5)25(36-7)21(13-17)35-6/h8-15,24H,1-7H3/b22-14+. The lowest BCUT2D eigenvalue weighted by Crippen LogP contribution is -2.40. The molecule has 0 saturated carbocycles. The summed E-state index contributed by atoms with van der Waals surface area (Å²) in [5.74, 6) is 1.54. The van der Waals surface area contributed by atoms with Crippen molar-refractivity contribution in [1.82, 2.24) is 4.57 Å². The third-order valence-corrected chi connectivity index (χ3v) is 6.98. The zero-order chi connectivity index (χ0) is 27.6. The monoisotopic (exact) mass is 538 g/mol. The molecule has 0 amide bonds. The number of ether oxygens (including phenoxy) is 5. The van der Waals surface area contributed by atoms with E-state index in [0.717, 1.165) is 5.56 Å². The Morgan fingerprint density at radius 2 is 1.63 bits per heavy atom. The topological polar surface area (TPSA) is 97.6 Å². The molecule has 2 aromatic carbocycles. The maximum atomic E-state index is 13.8. The second kappa shape index (κ2) is 11.1. The van der Waals surface area contributed by atoms with Gasteiger partial charge in [-0.2, -0.15) is 0 Å². The summed E-state index contributed by atoms with van der Waals surface area (Å²) >= 11 is 1.24. The van der Waals surface area contributed by atoms with E-state index in [2.05, 4.69) is 4.99 Å². The zero-order valence-electron chi connectivity index (χ0n) is 22.4. The number of hydrogen-bond donors (Lipinski definition) is 0. The molecular formula is C28H30N2O7S. The van der Waals surface area contributed by atoms with Crippen molar-refractivity contribution >= 4 is 23.4 Å². The number of aromatic nitrogens is 1. The van der Waals surface area contributed by atoms with Crippen LogP contribution in [0.25, 0.3) is 6.08 Å². The lowest BCUT2D eigenvalue weighted by atomic mass is 9.96. The Morgan fingerprint density at radius 3 is 2.16 bits per heavy atom. The van der Waals surface area contributed by atoms with Gasteiger partial charge in [-0.25, -0.2) is 9.79 Å². The first-order valence-electron chi connectivity index (χ1n) is 11.9. The van der Waals surface area contributed by atoms with Gasteiger partial charge in [0.15, 0.2) is 16.3 Å². The first-order valence-corrected chi connectivity index (χ1v) is 12.7. The first-order chi connectivity index (χ1) is 18.2. The highest BCUT2D eigenvalue weighted by Gasteiger charge is 2.33. The molecule has 0 radical (unpaired) electrons. The zero-order valence-corrected chi connectivity index (χ0v) is 23.2. The molecule has 200 valence electrons. The number of nitrogens with zero attached hydrogens (tertiary/aromatic N) is 2. The molecule has 0 fully saturated rings. The van der Waals surface area contributed by atoms with Crippen LogP contribution in [0.15, 0.2) is 57.5 Å². The average molecular weight is 539 g/mol. The Labute approximate surface area is 224 Å². The maximum absolute atomic E-state index is 13.8. The van der Waals surface area contributed by atoms with E-state index in [-0.39, 0.29) is 11.7 Å². The molecule has 0 saturated heterocycles. The number of benzene rings is 2. The summed E-state index contributed by atoms with van der Waals surface area (Å²) in [4.78, 5) is 32.2. The Morgan fingerprint density at radius 1 is 1.00 bits per heavy atom. The second-order valence-corrected chi connectivity index (χ2v) is 9.78. The fraction of sp³-hybridized carbons (Fsp3) is 0.321. The highest BCUT2D eigenvalue weighted by atomic mass is 32.1. The molecule has 1 atom stereocenters. The summed E-state index contributed by atoms with van der Waals surface area (Å²) in [5, 5.41) is 0. The van der Waals surface area contributed by atoms with E-state index in [4.69, 9.17) is 23.7 Å². The van der Waals surface area contributed by atoms with E-state index < -0.39 is 12.0 Å². The smallest absolute Gasteiger partial charge is 0.338 e. The van der Waals surface area contributed by atoms with Crippen LogP contribution in [0, 0.1) is 0 Å². The number of methoxy groups -OCH3 is 4. The molecule has 1 unspecified atom stereocenters. The van der Waals surface area contributed by atoms with Gasteiger partial charge in [-0.15, -0.1) is 0 Å². The molecule has 9 nitrogen and oxygen atoms in total. The predicted octanol–water partition coefficient (Wildman–Crippen LogP) is 3.22. The largest absolute Gasteiger partial charge is 0.497 e. The molecule has 0 spiro atoms. The number of fused-ring (bicyclic) bond motifs is 1. The van der Waals surface area contributed by atoms with Gasteiger partial charge in [0.05, 0.1) is 56.4 Å². The van der Waals surface area contributed by atoms with Crippen molar-refractivity contribution in [2.45, 2.75) is 32.9 Å². The van der Waals surface area contributed by atoms with Crippen LogP contribution in [0.2, 0.25) is 0 Å². The first kappa shape index (κ1) is 27.0. The lowest BCUT2D eigenvalue weighted by molar-refractivity contribution is -0.143. The van der Waals surface area contributed by atoms with Gasteiger partial charge in [0.2, 0.25) is 5.75 Å². The molecule has 1 aliphatic rings. The van der Waals surface area contributed by atoms with Gasteiger partial charge < -0.3 is 23.7 Å². The lowest BCUT2D eigenvalue weighted by Gasteiger charge is -2.25. The highest BCUT2D eigenvalue weighted by molar-refractivity contribution is 7.07. The minimum absolute atomic E-state index is 0.286. The third kappa shape index (κ3) is 5.04. The Kier molecular flexibility index (Phi) is 7.91. The summed E-state index contributed by atoms with van der Waals surface area (Å²) in [7, 11) is 6.17. The molecule has 3 aromatic rings. The molecular weight excluding hydrogens is 508 g/mol. The summed E-state index contributed by atoms with van der Waals surface area (Å²) in [5.41, 5.74) is 1.94. The molecule has 10 heteroatoms.